The van der Waals surface area contributed by atoms with Crippen LogP contribution in [0.15, 0.2) is 30.5 Å². The van der Waals surface area contributed by atoms with Gasteiger partial charge in [0.1, 0.15) is 0 Å². The smallest absolute Gasteiger partial charge is 0.268 e. The average Bonchev–Trinajstić information content (AvgIpc) is 2.69. The Morgan fingerprint density at radius 1 is 1.35 bits per heavy atom. The second kappa shape index (κ2) is 5.26. The lowest BCUT2D eigenvalue weighted by Crippen LogP contribution is -2.29. The molecule has 1 N–H and O–H groups in total. The quantitative estimate of drug-likeness (QED) is 0.931. The minimum absolute atomic E-state index is 0.176. The van der Waals surface area contributed by atoms with Gasteiger partial charge >= 0.3 is 0 Å². The van der Waals surface area contributed by atoms with Gasteiger partial charge in [-0.05, 0) is 19.1 Å². The lowest BCUT2D eigenvalue weighted by atomic mass is 10.2. The molecule has 0 unspecified atom stereocenters. The third-order valence-corrected chi connectivity index (χ3v) is 3.49. The van der Waals surface area contributed by atoms with Crippen molar-refractivity contribution in [2.45, 2.75) is 6.92 Å². The number of halogens is 1. The van der Waals surface area contributed by atoms with Crippen molar-refractivity contribution >= 4 is 27.5 Å². The highest BCUT2D eigenvalue weighted by Gasteiger charge is 2.18. The van der Waals surface area contributed by atoms with E-state index in [1.54, 1.807) is 31.2 Å². The Labute approximate surface area is 121 Å². The number of hydrogen-bond acceptors (Lipinski definition) is 4. The minimum Gasteiger partial charge on any atom is -0.268 e. The Morgan fingerprint density at radius 3 is 2.60 bits per heavy atom. The highest BCUT2D eigenvalue weighted by molar-refractivity contribution is 7.89. The Morgan fingerprint density at radius 2 is 2.00 bits per heavy atom. The molecular formula is C12H12ClN3O3S. The number of hydrogen-bond donors (Lipinski definition) is 1. The molecule has 0 atom stereocenters. The van der Waals surface area contributed by atoms with Crippen molar-refractivity contribution < 1.29 is 13.2 Å². The van der Waals surface area contributed by atoms with Crippen LogP contribution in [0, 0.1) is 6.92 Å². The van der Waals surface area contributed by atoms with Crippen molar-refractivity contribution in [3.8, 4) is 5.69 Å². The number of carbonyl (C=O) groups excluding carboxylic acids is 1. The van der Waals surface area contributed by atoms with Gasteiger partial charge in [0.25, 0.3) is 5.91 Å². The van der Waals surface area contributed by atoms with E-state index in [2.05, 4.69) is 5.10 Å². The summed E-state index contributed by atoms with van der Waals surface area (Å²) < 4.78 is 25.5. The largest absolute Gasteiger partial charge is 0.268 e. The molecule has 1 aromatic heterocycles. The van der Waals surface area contributed by atoms with Gasteiger partial charge in [0.2, 0.25) is 10.0 Å². The fourth-order valence-electron chi connectivity index (χ4n) is 1.72. The third kappa shape index (κ3) is 3.00. The standard InChI is InChI=1S/C12H12ClN3O3S/c1-8-9(12(17)15-20(2,18)19)7-14-16(8)11-6-4-3-5-10(11)13/h3-7H,1-2H3,(H,15,17). The molecule has 2 rings (SSSR count). The summed E-state index contributed by atoms with van der Waals surface area (Å²) in [6, 6.07) is 7.02. The zero-order valence-electron chi connectivity index (χ0n) is 10.8. The zero-order valence-corrected chi connectivity index (χ0v) is 12.4. The monoisotopic (exact) mass is 313 g/mol. The maximum atomic E-state index is 11.8. The maximum Gasteiger partial charge on any atom is 0.268 e. The van der Waals surface area contributed by atoms with E-state index in [1.165, 1.54) is 10.9 Å². The fraction of sp³-hybridized carbons (Fsp3) is 0.167. The van der Waals surface area contributed by atoms with E-state index in [-0.39, 0.29) is 5.56 Å². The van der Waals surface area contributed by atoms with Crippen LogP contribution in [-0.4, -0.2) is 30.4 Å². The molecule has 0 bridgehead atoms. The molecule has 0 aliphatic carbocycles. The number of amides is 1. The molecule has 106 valence electrons. The summed E-state index contributed by atoms with van der Waals surface area (Å²) in [6.45, 7) is 1.66. The highest BCUT2D eigenvalue weighted by Crippen LogP contribution is 2.21. The molecule has 1 amide bonds. The SMILES string of the molecule is Cc1c(C(=O)NS(C)(=O)=O)cnn1-c1ccccc1Cl. The zero-order chi connectivity index (χ0) is 14.9. The Balaban J connectivity index is 2.42. The molecular weight excluding hydrogens is 302 g/mol. The van der Waals surface area contributed by atoms with Gasteiger partial charge in [-0.2, -0.15) is 5.10 Å². The van der Waals surface area contributed by atoms with E-state index < -0.39 is 15.9 Å². The van der Waals surface area contributed by atoms with E-state index >= 15 is 0 Å². The molecule has 0 saturated carbocycles. The van der Waals surface area contributed by atoms with Crippen LogP contribution >= 0.6 is 11.6 Å². The van der Waals surface area contributed by atoms with Crippen molar-refractivity contribution in [3.05, 3.63) is 46.7 Å². The molecule has 0 fully saturated rings. The number of sulfonamides is 1. The van der Waals surface area contributed by atoms with Crippen LogP contribution in [0.5, 0.6) is 0 Å². The first-order valence-corrected chi connectivity index (χ1v) is 7.88. The topological polar surface area (TPSA) is 81.1 Å². The first kappa shape index (κ1) is 14.5. The summed E-state index contributed by atoms with van der Waals surface area (Å²) in [7, 11) is -3.61. The van der Waals surface area contributed by atoms with E-state index in [0.717, 1.165) is 6.26 Å². The minimum atomic E-state index is -3.61. The van der Waals surface area contributed by atoms with E-state index in [0.29, 0.717) is 16.4 Å². The van der Waals surface area contributed by atoms with Crippen LogP contribution in [0.3, 0.4) is 0 Å². The molecule has 1 heterocycles. The molecule has 6 nitrogen and oxygen atoms in total. The number of aromatic nitrogens is 2. The fourth-order valence-corrected chi connectivity index (χ4v) is 2.38. The normalized spacial score (nSPS) is 11.3. The van der Waals surface area contributed by atoms with E-state index in [1.807, 2.05) is 4.72 Å². The van der Waals surface area contributed by atoms with Gasteiger partial charge in [0.15, 0.2) is 0 Å². The van der Waals surface area contributed by atoms with Crippen molar-refractivity contribution in [3.63, 3.8) is 0 Å². The second-order valence-corrected chi connectivity index (χ2v) is 6.37. The van der Waals surface area contributed by atoms with Gasteiger partial charge in [-0.3, -0.25) is 4.79 Å². The number of benzene rings is 1. The Kier molecular flexibility index (Phi) is 3.82. The van der Waals surface area contributed by atoms with Crippen LogP contribution in [0.2, 0.25) is 5.02 Å². The predicted octanol–water partition coefficient (Wildman–Crippen LogP) is 1.52. The molecule has 1 aromatic carbocycles. The third-order valence-electron chi connectivity index (χ3n) is 2.61. The van der Waals surface area contributed by atoms with Crippen LogP contribution in [-0.2, 0) is 10.0 Å². The van der Waals surface area contributed by atoms with Gasteiger partial charge in [-0.25, -0.2) is 17.8 Å². The molecule has 0 aliphatic heterocycles. The van der Waals surface area contributed by atoms with Crippen molar-refractivity contribution in [2.24, 2.45) is 0 Å². The lowest BCUT2D eigenvalue weighted by molar-refractivity contribution is 0.0981. The van der Waals surface area contributed by atoms with Crippen LogP contribution in [0.25, 0.3) is 5.69 Å². The van der Waals surface area contributed by atoms with E-state index in [4.69, 9.17) is 11.6 Å². The molecule has 0 aliphatic rings. The Bertz CT molecular complexity index is 768. The number of nitrogens with one attached hydrogen (secondary N) is 1. The summed E-state index contributed by atoms with van der Waals surface area (Å²) in [5.41, 5.74) is 1.29. The second-order valence-electron chi connectivity index (χ2n) is 4.21. The summed E-state index contributed by atoms with van der Waals surface area (Å²) in [4.78, 5) is 11.8. The molecule has 0 spiro atoms. The van der Waals surface area contributed by atoms with Crippen LogP contribution in [0.1, 0.15) is 16.1 Å². The van der Waals surface area contributed by atoms with Crippen molar-refractivity contribution in [1.82, 2.24) is 14.5 Å². The molecule has 2 aromatic rings. The van der Waals surface area contributed by atoms with Gasteiger partial charge in [0, 0.05) is 0 Å². The van der Waals surface area contributed by atoms with E-state index in [9.17, 15) is 13.2 Å². The number of rotatable bonds is 3. The first-order chi connectivity index (χ1) is 9.29. The number of carbonyl (C=O) groups is 1. The lowest BCUT2D eigenvalue weighted by Gasteiger charge is -2.07. The highest BCUT2D eigenvalue weighted by atomic mass is 35.5. The molecule has 0 radical (unpaired) electrons. The maximum absolute atomic E-state index is 11.8. The average molecular weight is 314 g/mol. The summed E-state index contributed by atoms with van der Waals surface area (Å²) in [5, 5.41) is 4.55. The van der Waals surface area contributed by atoms with Crippen molar-refractivity contribution in [1.29, 1.82) is 0 Å². The first-order valence-electron chi connectivity index (χ1n) is 5.61. The Hall–Kier alpha value is -1.86. The predicted molar refractivity (Wildman–Crippen MR) is 75.6 cm³/mol. The number of para-hydroxylation sites is 1. The van der Waals surface area contributed by atoms with Crippen LogP contribution < -0.4 is 4.72 Å². The van der Waals surface area contributed by atoms with Gasteiger partial charge in [-0.1, -0.05) is 23.7 Å². The van der Waals surface area contributed by atoms with Gasteiger partial charge in [0.05, 0.1) is 34.4 Å². The van der Waals surface area contributed by atoms with Gasteiger partial charge < -0.3 is 0 Å². The van der Waals surface area contributed by atoms with Crippen LogP contribution in [0.4, 0.5) is 0 Å². The molecule has 0 saturated heterocycles. The summed E-state index contributed by atoms with van der Waals surface area (Å²) >= 11 is 6.07. The number of nitrogens with zero attached hydrogens (tertiary/aromatic N) is 2. The summed E-state index contributed by atoms with van der Waals surface area (Å²) in [5.74, 6) is -0.719. The molecule has 8 heteroatoms. The molecule has 20 heavy (non-hydrogen) atoms. The summed E-state index contributed by atoms with van der Waals surface area (Å²) in [6.07, 6.45) is 2.22. The van der Waals surface area contributed by atoms with Crippen molar-refractivity contribution in [2.75, 3.05) is 6.26 Å². The van der Waals surface area contributed by atoms with Gasteiger partial charge in [-0.15, -0.1) is 0 Å².